The molecule has 0 heterocycles. The first kappa shape index (κ1) is 15.4. The van der Waals surface area contributed by atoms with Gasteiger partial charge in [0.25, 0.3) is 0 Å². The third-order valence-electron chi connectivity index (χ3n) is 2.77. The number of nitrogen functional groups attached to an aromatic ring is 1. The van der Waals surface area contributed by atoms with E-state index in [9.17, 15) is 17.6 Å². The van der Waals surface area contributed by atoms with Crippen molar-refractivity contribution in [2.75, 3.05) is 5.73 Å². The molecule has 0 aliphatic carbocycles. The van der Waals surface area contributed by atoms with Gasteiger partial charge in [0.15, 0.2) is 0 Å². The number of aryl methyl sites for hydroxylation is 1. The molecule has 0 aromatic heterocycles. The molecular weight excluding hydrogens is 310 g/mol. The van der Waals surface area contributed by atoms with Crippen molar-refractivity contribution in [1.29, 1.82) is 0 Å². The smallest absolute Gasteiger partial charge is 0.419 e. The van der Waals surface area contributed by atoms with Crippen LogP contribution in [0.25, 0.3) is 0 Å². The molecule has 0 saturated carbocycles. The Morgan fingerprint density at radius 3 is 2.43 bits per heavy atom. The summed E-state index contributed by atoms with van der Waals surface area (Å²) in [6.07, 6.45) is -4.79. The van der Waals surface area contributed by atoms with Gasteiger partial charge >= 0.3 is 6.18 Å². The Balaban J connectivity index is 2.39. The van der Waals surface area contributed by atoms with E-state index in [4.69, 9.17) is 22.1 Å². The second-order valence-corrected chi connectivity index (χ2v) is 4.79. The van der Waals surface area contributed by atoms with Crippen molar-refractivity contribution in [3.63, 3.8) is 0 Å². The van der Waals surface area contributed by atoms with Crippen LogP contribution in [-0.4, -0.2) is 0 Å². The van der Waals surface area contributed by atoms with Gasteiger partial charge in [-0.05, 0) is 36.8 Å². The summed E-state index contributed by atoms with van der Waals surface area (Å²) < 4.78 is 56.4. The van der Waals surface area contributed by atoms with Crippen LogP contribution in [0.5, 0.6) is 11.5 Å². The number of halogens is 5. The van der Waals surface area contributed by atoms with Crippen LogP contribution in [0, 0.1) is 12.7 Å². The maximum atomic E-state index is 13.2. The molecule has 21 heavy (non-hydrogen) atoms. The van der Waals surface area contributed by atoms with Gasteiger partial charge in [0.1, 0.15) is 17.3 Å². The highest BCUT2D eigenvalue weighted by atomic mass is 35.5. The highest BCUT2D eigenvalue weighted by molar-refractivity contribution is 6.33. The molecule has 0 radical (unpaired) electrons. The topological polar surface area (TPSA) is 35.2 Å². The average molecular weight is 320 g/mol. The lowest BCUT2D eigenvalue weighted by Crippen LogP contribution is -2.08. The molecule has 0 aliphatic heterocycles. The fraction of sp³-hybridized carbons (Fsp3) is 0.143. The molecule has 112 valence electrons. The van der Waals surface area contributed by atoms with Gasteiger partial charge in [0.2, 0.25) is 0 Å². The lowest BCUT2D eigenvalue weighted by molar-refractivity contribution is -0.140. The number of rotatable bonds is 2. The largest absolute Gasteiger partial charge is 0.457 e. The third kappa shape index (κ3) is 3.39. The summed E-state index contributed by atoms with van der Waals surface area (Å²) in [7, 11) is 0. The number of alkyl halides is 3. The summed E-state index contributed by atoms with van der Waals surface area (Å²) in [5.74, 6) is -1.26. The fourth-order valence-corrected chi connectivity index (χ4v) is 1.86. The summed E-state index contributed by atoms with van der Waals surface area (Å²) >= 11 is 5.84. The summed E-state index contributed by atoms with van der Waals surface area (Å²) in [4.78, 5) is 0. The maximum Gasteiger partial charge on any atom is 0.419 e. The molecule has 2 aromatic carbocycles. The summed E-state index contributed by atoms with van der Waals surface area (Å²) in [5, 5.41) is 0.216. The first-order chi connectivity index (χ1) is 9.68. The molecule has 0 aliphatic rings. The third-order valence-corrected chi connectivity index (χ3v) is 3.09. The van der Waals surface area contributed by atoms with Crippen LogP contribution in [0.1, 0.15) is 11.1 Å². The Hall–Kier alpha value is -1.95. The normalized spacial score (nSPS) is 11.5. The molecule has 0 amide bonds. The number of anilines is 1. The molecule has 0 spiro atoms. The Morgan fingerprint density at radius 2 is 1.81 bits per heavy atom. The van der Waals surface area contributed by atoms with E-state index in [-0.39, 0.29) is 16.5 Å². The fourth-order valence-electron chi connectivity index (χ4n) is 1.71. The van der Waals surface area contributed by atoms with Crippen molar-refractivity contribution in [3.8, 4) is 11.5 Å². The molecule has 0 saturated heterocycles. The van der Waals surface area contributed by atoms with Gasteiger partial charge in [-0.3, -0.25) is 0 Å². The van der Waals surface area contributed by atoms with Crippen molar-refractivity contribution in [2.45, 2.75) is 13.1 Å². The van der Waals surface area contributed by atoms with Crippen molar-refractivity contribution in [1.82, 2.24) is 0 Å². The summed E-state index contributed by atoms with van der Waals surface area (Å²) in [6, 6.07) is 5.33. The van der Waals surface area contributed by atoms with E-state index in [0.29, 0.717) is 23.4 Å². The SMILES string of the molecule is Cc1cc(N)c(Cl)cc1Oc1ccc(F)c(C(F)(F)F)c1. The monoisotopic (exact) mass is 319 g/mol. The molecule has 0 atom stereocenters. The van der Waals surface area contributed by atoms with E-state index in [0.717, 1.165) is 6.07 Å². The minimum atomic E-state index is -4.79. The lowest BCUT2D eigenvalue weighted by Gasteiger charge is -2.13. The highest BCUT2D eigenvalue weighted by Crippen LogP contribution is 2.36. The van der Waals surface area contributed by atoms with Crippen LogP contribution in [0.3, 0.4) is 0 Å². The second kappa shape index (κ2) is 5.44. The molecule has 2 rings (SSSR count). The van der Waals surface area contributed by atoms with Gasteiger partial charge in [0, 0.05) is 6.07 Å². The highest BCUT2D eigenvalue weighted by Gasteiger charge is 2.34. The van der Waals surface area contributed by atoms with Crippen molar-refractivity contribution < 1.29 is 22.3 Å². The molecule has 2 aromatic rings. The minimum Gasteiger partial charge on any atom is -0.457 e. The molecule has 7 heteroatoms. The van der Waals surface area contributed by atoms with Gasteiger partial charge in [-0.25, -0.2) is 4.39 Å². The Morgan fingerprint density at radius 1 is 1.14 bits per heavy atom. The van der Waals surface area contributed by atoms with Crippen molar-refractivity contribution in [2.24, 2.45) is 0 Å². The van der Waals surface area contributed by atoms with Gasteiger partial charge in [-0.1, -0.05) is 11.6 Å². The number of nitrogens with two attached hydrogens (primary N) is 1. The van der Waals surface area contributed by atoms with E-state index in [2.05, 4.69) is 0 Å². The Labute approximate surface area is 123 Å². The first-order valence-corrected chi connectivity index (χ1v) is 6.16. The van der Waals surface area contributed by atoms with E-state index < -0.39 is 17.6 Å². The number of ether oxygens (including phenoxy) is 1. The van der Waals surface area contributed by atoms with Crippen LogP contribution < -0.4 is 10.5 Å². The minimum absolute atomic E-state index is 0.146. The maximum absolute atomic E-state index is 13.2. The van der Waals surface area contributed by atoms with Crippen molar-refractivity contribution >= 4 is 17.3 Å². The Kier molecular flexibility index (Phi) is 4.00. The molecule has 0 bridgehead atoms. The predicted octanol–water partition coefficient (Wildman–Crippen LogP) is 5.18. The number of hydrogen-bond acceptors (Lipinski definition) is 2. The zero-order chi connectivity index (χ0) is 15.8. The summed E-state index contributed by atoms with van der Waals surface area (Å²) in [6.45, 7) is 1.66. The van der Waals surface area contributed by atoms with Gasteiger partial charge in [-0.15, -0.1) is 0 Å². The van der Waals surface area contributed by atoms with Crippen LogP contribution in [-0.2, 0) is 6.18 Å². The summed E-state index contributed by atoms with van der Waals surface area (Å²) in [5.41, 5.74) is 5.13. The standard InChI is InChI=1S/C14H10ClF4NO/c1-7-4-12(20)10(15)6-13(7)21-8-2-3-11(16)9(5-8)14(17,18)19/h2-6H,20H2,1H3. The number of hydrogen-bond donors (Lipinski definition) is 1. The molecule has 2 N–H and O–H groups in total. The second-order valence-electron chi connectivity index (χ2n) is 4.38. The zero-order valence-corrected chi connectivity index (χ0v) is 11.5. The molecule has 0 unspecified atom stereocenters. The van der Waals surface area contributed by atoms with Crippen LogP contribution in [0.15, 0.2) is 30.3 Å². The van der Waals surface area contributed by atoms with E-state index >= 15 is 0 Å². The van der Waals surface area contributed by atoms with Crippen LogP contribution in [0.4, 0.5) is 23.2 Å². The van der Waals surface area contributed by atoms with Gasteiger partial charge < -0.3 is 10.5 Å². The molecule has 0 fully saturated rings. The quantitative estimate of drug-likeness (QED) is 0.611. The predicted molar refractivity (Wildman–Crippen MR) is 72.1 cm³/mol. The number of benzene rings is 2. The van der Waals surface area contributed by atoms with E-state index in [1.54, 1.807) is 6.92 Å². The van der Waals surface area contributed by atoms with Crippen LogP contribution in [0.2, 0.25) is 5.02 Å². The average Bonchev–Trinajstić information content (AvgIpc) is 2.37. The lowest BCUT2D eigenvalue weighted by atomic mass is 10.2. The van der Waals surface area contributed by atoms with Gasteiger partial charge in [-0.2, -0.15) is 13.2 Å². The van der Waals surface area contributed by atoms with Crippen molar-refractivity contribution in [3.05, 3.63) is 52.3 Å². The van der Waals surface area contributed by atoms with E-state index in [1.807, 2.05) is 0 Å². The van der Waals surface area contributed by atoms with Gasteiger partial charge in [0.05, 0.1) is 16.3 Å². The zero-order valence-electron chi connectivity index (χ0n) is 10.8. The molecule has 2 nitrogen and oxygen atoms in total. The Bertz CT molecular complexity index is 685. The first-order valence-electron chi connectivity index (χ1n) is 5.78. The van der Waals surface area contributed by atoms with Crippen LogP contribution >= 0.6 is 11.6 Å². The molecular formula is C14H10ClF4NO. The van der Waals surface area contributed by atoms with E-state index in [1.165, 1.54) is 12.1 Å².